The van der Waals surface area contributed by atoms with E-state index < -0.39 is 28.8 Å². The van der Waals surface area contributed by atoms with Crippen LogP contribution < -0.4 is 0 Å². The van der Waals surface area contributed by atoms with Gasteiger partial charge in [-0.25, -0.2) is 0 Å². The third-order valence-corrected chi connectivity index (χ3v) is 10.9. The Labute approximate surface area is 314 Å². The van der Waals surface area contributed by atoms with E-state index in [1.165, 1.54) is 12.5 Å². The topological polar surface area (TPSA) is 92.3 Å². The summed E-state index contributed by atoms with van der Waals surface area (Å²) in [5.74, 6) is 2.10. The molecule has 0 radical (unpaired) electrons. The van der Waals surface area contributed by atoms with Gasteiger partial charge in [0.05, 0.1) is 41.0 Å². The standard InChI is InChI=1S/C43H54O10/c1-13-21-29-33(52-15-3)35(44-5)39(48-9)42(50-11,37(29)46-7)41(31-25-19-17-23-27(31)28-24-18-20-26-32(28)41)43(51-12)38(47-8)30(22-14-2)34(53-16-4)36(45-6)40(43)49-10/h15-20,23-26,37-38H,3-4,13-14,21-22H2,1-2,5-12H3. The van der Waals surface area contributed by atoms with Crippen LogP contribution in [0.25, 0.3) is 11.1 Å². The highest BCUT2D eigenvalue weighted by atomic mass is 16.6. The van der Waals surface area contributed by atoms with Gasteiger partial charge in [0.2, 0.25) is 11.5 Å². The first-order chi connectivity index (χ1) is 25.8. The highest BCUT2D eigenvalue weighted by Crippen LogP contribution is 2.70. The van der Waals surface area contributed by atoms with E-state index in [1.807, 2.05) is 24.3 Å². The number of ether oxygens (including phenoxy) is 10. The molecule has 3 aliphatic rings. The van der Waals surface area contributed by atoms with Crippen molar-refractivity contribution in [2.24, 2.45) is 0 Å². The van der Waals surface area contributed by atoms with Crippen LogP contribution in [0.4, 0.5) is 0 Å². The molecule has 0 N–H and O–H groups in total. The molecule has 10 heteroatoms. The third kappa shape index (κ3) is 5.21. The lowest BCUT2D eigenvalue weighted by molar-refractivity contribution is -0.226. The van der Waals surface area contributed by atoms with Crippen molar-refractivity contribution >= 4 is 0 Å². The molecule has 3 aliphatic carbocycles. The van der Waals surface area contributed by atoms with Crippen LogP contribution in [0, 0.1) is 0 Å². The fourth-order valence-corrected chi connectivity index (χ4v) is 9.48. The van der Waals surface area contributed by atoms with Gasteiger partial charge in [-0.05, 0) is 35.1 Å². The van der Waals surface area contributed by atoms with Crippen molar-refractivity contribution in [2.45, 2.75) is 68.4 Å². The molecule has 0 bridgehead atoms. The van der Waals surface area contributed by atoms with Crippen LogP contribution in [0.15, 0.2) is 120 Å². The number of rotatable bonds is 18. The Bertz CT molecular complexity index is 1690. The molecule has 0 aliphatic heterocycles. The summed E-state index contributed by atoms with van der Waals surface area (Å²) in [4.78, 5) is 0. The molecular weight excluding hydrogens is 676 g/mol. The summed E-state index contributed by atoms with van der Waals surface area (Å²) in [6, 6.07) is 16.4. The largest absolute Gasteiger partial charge is 0.494 e. The van der Waals surface area contributed by atoms with Crippen molar-refractivity contribution in [1.29, 1.82) is 0 Å². The van der Waals surface area contributed by atoms with Crippen molar-refractivity contribution < 1.29 is 47.4 Å². The van der Waals surface area contributed by atoms with E-state index in [0.29, 0.717) is 47.4 Å². The molecule has 2 aromatic carbocycles. The zero-order valence-corrected chi connectivity index (χ0v) is 32.8. The lowest BCUT2D eigenvalue weighted by Crippen LogP contribution is -2.77. The van der Waals surface area contributed by atoms with Crippen LogP contribution in [0.1, 0.15) is 50.7 Å². The first-order valence-corrected chi connectivity index (χ1v) is 17.8. The predicted octanol–water partition coefficient (Wildman–Crippen LogP) is 8.22. The molecule has 0 saturated carbocycles. The second-order valence-electron chi connectivity index (χ2n) is 12.9. The van der Waals surface area contributed by atoms with Crippen molar-refractivity contribution in [3.63, 3.8) is 0 Å². The molecule has 53 heavy (non-hydrogen) atoms. The normalized spacial score (nSPS) is 24.8. The molecule has 4 atom stereocenters. The molecule has 0 heterocycles. The van der Waals surface area contributed by atoms with Crippen molar-refractivity contribution in [2.75, 3.05) is 56.9 Å². The lowest BCUT2D eigenvalue weighted by atomic mass is 9.48. The van der Waals surface area contributed by atoms with E-state index in [9.17, 15) is 0 Å². The quantitative estimate of drug-likeness (QED) is 0.140. The predicted molar refractivity (Wildman–Crippen MR) is 202 cm³/mol. The van der Waals surface area contributed by atoms with E-state index >= 15 is 0 Å². The summed E-state index contributed by atoms with van der Waals surface area (Å²) in [6.45, 7) is 12.0. The minimum atomic E-state index is -1.65. The molecule has 0 aromatic heterocycles. The van der Waals surface area contributed by atoms with E-state index in [4.69, 9.17) is 47.4 Å². The number of fused-ring (bicyclic) bond motifs is 3. The summed E-state index contributed by atoms with van der Waals surface area (Å²) in [7, 11) is 13.0. The molecule has 0 fully saturated rings. The van der Waals surface area contributed by atoms with Crippen molar-refractivity contribution in [1.82, 2.24) is 0 Å². The molecule has 0 spiro atoms. The molecule has 0 saturated heterocycles. The Balaban J connectivity index is 2.20. The lowest BCUT2D eigenvalue weighted by Gasteiger charge is -2.63. The minimum Gasteiger partial charge on any atom is -0.494 e. The Hall–Kier alpha value is -4.48. The van der Waals surface area contributed by atoms with Crippen LogP contribution in [0.5, 0.6) is 0 Å². The fraction of sp³-hybridized carbons (Fsp3) is 0.442. The maximum atomic E-state index is 7.20. The second kappa shape index (κ2) is 16.3. The summed E-state index contributed by atoms with van der Waals surface area (Å²) < 4.78 is 66.0. The van der Waals surface area contributed by atoms with E-state index in [0.717, 1.165) is 46.2 Å². The van der Waals surface area contributed by atoms with Crippen LogP contribution in [-0.4, -0.2) is 80.3 Å². The van der Waals surface area contributed by atoms with Gasteiger partial charge in [0.15, 0.2) is 34.2 Å². The van der Waals surface area contributed by atoms with Crippen LogP contribution in [-0.2, 0) is 52.8 Å². The van der Waals surface area contributed by atoms with Gasteiger partial charge in [-0.3, -0.25) is 0 Å². The van der Waals surface area contributed by atoms with Gasteiger partial charge >= 0.3 is 0 Å². The van der Waals surface area contributed by atoms with Gasteiger partial charge < -0.3 is 47.4 Å². The molecule has 5 rings (SSSR count). The molecular formula is C43H54O10. The van der Waals surface area contributed by atoms with E-state index in [2.05, 4.69) is 51.3 Å². The molecule has 10 nitrogen and oxygen atoms in total. The first kappa shape index (κ1) is 39.7. The summed E-state index contributed by atoms with van der Waals surface area (Å²) >= 11 is 0. The van der Waals surface area contributed by atoms with Gasteiger partial charge in [-0.1, -0.05) is 88.4 Å². The highest BCUT2D eigenvalue weighted by Gasteiger charge is 2.80. The average Bonchev–Trinajstić information content (AvgIpc) is 3.49. The Morgan fingerprint density at radius 2 is 0.925 bits per heavy atom. The summed E-state index contributed by atoms with van der Waals surface area (Å²) in [6.07, 6.45) is 3.59. The minimum absolute atomic E-state index is 0.299. The summed E-state index contributed by atoms with van der Waals surface area (Å²) in [5.41, 5.74) is 0.372. The molecule has 2 aromatic rings. The number of benzene rings is 2. The maximum Gasteiger partial charge on any atom is 0.202 e. The van der Waals surface area contributed by atoms with Gasteiger partial charge in [0, 0.05) is 39.6 Å². The monoisotopic (exact) mass is 730 g/mol. The smallest absolute Gasteiger partial charge is 0.202 e. The van der Waals surface area contributed by atoms with E-state index in [1.54, 1.807) is 56.9 Å². The number of hydrogen-bond donors (Lipinski definition) is 0. The van der Waals surface area contributed by atoms with E-state index in [-0.39, 0.29) is 0 Å². The van der Waals surface area contributed by atoms with Gasteiger partial charge in [-0.15, -0.1) is 0 Å². The average molecular weight is 731 g/mol. The van der Waals surface area contributed by atoms with Gasteiger partial charge in [0.1, 0.15) is 17.6 Å². The molecule has 286 valence electrons. The zero-order chi connectivity index (χ0) is 38.6. The Kier molecular flexibility index (Phi) is 12.2. The molecule has 0 amide bonds. The Morgan fingerprint density at radius 1 is 0.547 bits per heavy atom. The molecule has 4 unspecified atom stereocenters. The van der Waals surface area contributed by atoms with Crippen LogP contribution >= 0.6 is 0 Å². The summed E-state index contributed by atoms with van der Waals surface area (Å²) in [5, 5.41) is 0. The van der Waals surface area contributed by atoms with Crippen LogP contribution in [0.2, 0.25) is 0 Å². The van der Waals surface area contributed by atoms with Crippen molar-refractivity contribution in [3.05, 3.63) is 131 Å². The number of methoxy groups -OCH3 is 8. The first-order valence-electron chi connectivity index (χ1n) is 17.8. The maximum absolute atomic E-state index is 7.20. The second-order valence-corrected chi connectivity index (χ2v) is 12.9. The van der Waals surface area contributed by atoms with Gasteiger partial charge in [-0.2, -0.15) is 0 Å². The van der Waals surface area contributed by atoms with Crippen LogP contribution in [0.3, 0.4) is 0 Å². The highest BCUT2D eigenvalue weighted by molar-refractivity contribution is 5.85. The fourth-order valence-electron chi connectivity index (χ4n) is 9.48. The third-order valence-electron chi connectivity index (χ3n) is 10.9. The zero-order valence-electron chi connectivity index (χ0n) is 32.8. The van der Waals surface area contributed by atoms with Crippen molar-refractivity contribution in [3.8, 4) is 11.1 Å². The van der Waals surface area contributed by atoms with Gasteiger partial charge in [0.25, 0.3) is 0 Å². The Morgan fingerprint density at radius 3 is 1.21 bits per heavy atom. The number of hydrogen-bond acceptors (Lipinski definition) is 10. The SMILES string of the molecule is C=COC1=C(CCC)C(OC)C(OC)(C2(C3(OC)C(OC)=C(OC)C(OC=C)=C(CCC)C3OC)c3ccccc3-c3ccccc32)C(OC)=C1OC.